The highest BCUT2D eigenvalue weighted by atomic mass is 16.2. The van der Waals surface area contributed by atoms with Gasteiger partial charge >= 0.3 is 6.03 Å². The average molecular weight is 422 g/mol. The molecule has 2 heterocycles. The molecule has 1 unspecified atom stereocenters. The van der Waals surface area contributed by atoms with Gasteiger partial charge in [-0.25, -0.2) is 4.79 Å². The first-order chi connectivity index (χ1) is 15.0. The molecule has 31 heavy (non-hydrogen) atoms. The monoisotopic (exact) mass is 421 g/mol. The summed E-state index contributed by atoms with van der Waals surface area (Å²) in [7, 11) is 0. The van der Waals surface area contributed by atoms with Crippen molar-refractivity contribution in [3.05, 3.63) is 53.3 Å². The van der Waals surface area contributed by atoms with E-state index in [-0.39, 0.29) is 23.8 Å². The molecule has 3 aliphatic rings. The Bertz CT molecular complexity index is 1010. The Morgan fingerprint density at radius 1 is 1.16 bits per heavy atom. The molecule has 3 N–H and O–H groups in total. The molecule has 0 radical (unpaired) electrons. The van der Waals surface area contributed by atoms with Gasteiger partial charge in [0.25, 0.3) is 5.91 Å². The third-order valence-electron chi connectivity index (χ3n) is 6.98. The van der Waals surface area contributed by atoms with Crippen LogP contribution in [0.15, 0.2) is 36.5 Å². The van der Waals surface area contributed by atoms with E-state index in [9.17, 15) is 14.4 Å². The topological polar surface area (TPSA) is 105 Å². The number of rotatable bonds is 4. The van der Waals surface area contributed by atoms with E-state index in [0.29, 0.717) is 25.7 Å². The molecule has 1 saturated carbocycles. The van der Waals surface area contributed by atoms with Gasteiger partial charge in [-0.05, 0) is 50.5 Å². The van der Waals surface area contributed by atoms with Crippen LogP contribution in [0.1, 0.15) is 61.4 Å². The van der Waals surface area contributed by atoms with Crippen molar-refractivity contribution in [2.45, 2.75) is 63.1 Å². The van der Waals surface area contributed by atoms with Crippen LogP contribution in [0.3, 0.4) is 0 Å². The van der Waals surface area contributed by atoms with Gasteiger partial charge in [0.2, 0.25) is 5.91 Å². The number of benzene rings is 1. The number of nitrogens with one attached hydrogen (secondary N) is 3. The second-order valence-electron chi connectivity index (χ2n) is 8.91. The molecule has 0 bridgehead atoms. The van der Waals surface area contributed by atoms with Crippen molar-refractivity contribution in [3.63, 3.8) is 0 Å². The Labute approximate surface area is 180 Å². The standard InChI is InChI=1S/C23H27N5O3/c29-20(16-9-11-23(12-10-16)21(30)26-22(31)27-23)25-18-7-4-8-19-17(18)13-24-28(19)14-15-5-2-1-3-6-15/h1-3,5-6,13,16,18H,4,7-12,14H2,(H,25,29)(H2,26,27,30,31). The van der Waals surface area contributed by atoms with Gasteiger partial charge in [-0.1, -0.05) is 30.3 Å². The number of nitrogens with zero attached hydrogens (tertiary/aromatic N) is 2. The minimum atomic E-state index is -0.829. The van der Waals surface area contributed by atoms with Crippen molar-refractivity contribution in [2.75, 3.05) is 0 Å². The van der Waals surface area contributed by atoms with Gasteiger partial charge in [0.05, 0.1) is 18.8 Å². The summed E-state index contributed by atoms with van der Waals surface area (Å²) >= 11 is 0. The molecule has 8 nitrogen and oxygen atoms in total. The molecule has 1 aromatic heterocycles. The molecule has 1 aliphatic heterocycles. The summed E-state index contributed by atoms with van der Waals surface area (Å²) in [4.78, 5) is 36.6. The number of carbonyl (C=O) groups excluding carboxylic acids is 3. The first-order valence-electron chi connectivity index (χ1n) is 11.1. The van der Waals surface area contributed by atoms with E-state index in [1.165, 1.54) is 11.3 Å². The Morgan fingerprint density at radius 3 is 2.65 bits per heavy atom. The highest BCUT2D eigenvalue weighted by Crippen LogP contribution is 2.36. The maximum atomic E-state index is 13.0. The molecule has 1 saturated heterocycles. The SMILES string of the molecule is O=C1NC(=O)C2(CCC(C(=O)NC3CCCc4c3cnn4Cc3ccccc3)CC2)N1. The van der Waals surface area contributed by atoms with Crippen LogP contribution in [0.2, 0.25) is 0 Å². The van der Waals surface area contributed by atoms with Gasteiger partial charge < -0.3 is 10.6 Å². The molecule has 5 rings (SSSR count). The summed E-state index contributed by atoms with van der Waals surface area (Å²) < 4.78 is 2.05. The first kappa shape index (κ1) is 19.8. The molecule has 1 spiro atoms. The zero-order chi connectivity index (χ0) is 21.4. The largest absolute Gasteiger partial charge is 0.349 e. The third kappa shape index (κ3) is 3.71. The van der Waals surface area contributed by atoms with E-state index in [2.05, 4.69) is 37.9 Å². The highest BCUT2D eigenvalue weighted by Gasteiger charge is 2.49. The zero-order valence-electron chi connectivity index (χ0n) is 17.4. The van der Waals surface area contributed by atoms with Gasteiger partial charge in [-0.3, -0.25) is 19.6 Å². The van der Waals surface area contributed by atoms with Gasteiger partial charge in [0, 0.05) is 17.2 Å². The van der Waals surface area contributed by atoms with Crippen LogP contribution >= 0.6 is 0 Å². The van der Waals surface area contributed by atoms with Crippen LogP contribution in [0.4, 0.5) is 4.79 Å². The molecule has 2 aliphatic carbocycles. The van der Waals surface area contributed by atoms with Crippen LogP contribution in [0.5, 0.6) is 0 Å². The maximum Gasteiger partial charge on any atom is 0.322 e. The number of imide groups is 1. The quantitative estimate of drug-likeness (QED) is 0.658. The van der Waals surface area contributed by atoms with E-state index in [1.807, 2.05) is 24.4 Å². The summed E-state index contributed by atoms with van der Waals surface area (Å²) in [5.41, 5.74) is 2.70. The maximum absolute atomic E-state index is 13.0. The molecule has 2 aromatic rings. The number of hydrogen-bond acceptors (Lipinski definition) is 4. The predicted octanol–water partition coefficient (Wildman–Crippen LogP) is 2.19. The van der Waals surface area contributed by atoms with Gasteiger partial charge in [0.1, 0.15) is 5.54 Å². The van der Waals surface area contributed by atoms with Crippen LogP contribution in [-0.4, -0.2) is 33.2 Å². The number of carbonyl (C=O) groups is 3. The van der Waals surface area contributed by atoms with E-state index < -0.39 is 11.6 Å². The lowest BCUT2D eigenvalue weighted by Gasteiger charge is -2.35. The minimum Gasteiger partial charge on any atom is -0.349 e. The van der Waals surface area contributed by atoms with E-state index >= 15 is 0 Å². The molecule has 2 fully saturated rings. The zero-order valence-corrected chi connectivity index (χ0v) is 17.4. The number of fused-ring (bicyclic) bond motifs is 1. The normalized spacial score (nSPS) is 27.5. The minimum absolute atomic E-state index is 0.0221. The molecule has 1 aromatic carbocycles. The number of aromatic nitrogens is 2. The summed E-state index contributed by atoms with van der Waals surface area (Å²) in [5.74, 6) is -0.368. The fourth-order valence-corrected chi connectivity index (χ4v) is 5.20. The lowest BCUT2D eigenvalue weighted by atomic mass is 9.76. The van der Waals surface area contributed by atoms with Crippen molar-refractivity contribution in [2.24, 2.45) is 5.92 Å². The number of hydrogen-bond donors (Lipinski definition) is 3. The first-order valence-corrected chi connectivity index (χ1v) is 11.1. The molecule has 162 valence electrons. The Morgan fingerprint density at radius 2 is 1.94 bits per heavy atom. The second kappa shape index (κ2) is 7.83. The summed E-state index contributed by atoms with van der Waals surface area (Å²) in [6, 6.07) is 9.81. The van der Waals surface area contributed by atoms with E-state index in [0.717, 1.165) is 31.4 Å². The fraction of sp³-hybridized carbons (Fsp3) is 0.478. The van der Waals surface area contributed by atoms with E-state index in [4.69, 9.17) is 0 Å². The highest BCUT2D eigenvalue weighted by molar-refractivity contribution is 6.07. The van der Waals surface area contributed by atoms with Gasteiger partial charge in [0.15, 0.2) is 0 Å². The lowest BCUT2D eigenvalue weighted by Crippen LogP contribution is -2.51. The number of urea groups is 1. The predicted molar refractivity (Wildman–Crippen MR) is 113 cm³/mol. The van der Waals surface area contributed by atoms with Crippen LogP contribution < -0.4 is 16.0 Å². The second-order valence-corrected chi connectivity index (χ2v) is 8.91. The Balaban J connectivity index is 1.23. The third-order valence-corrected chi connectivity index (χ3v) is 6.98. The van der Waals surface area contributed by atoms with Crippen molar-refractivity contribution >= 4 is 17.8 Å². The molecular formula is C23H27N5O3. The summed E-state index contributed by atoms with van der Waals surface area (Å²) in [5, 5.41) is 12.9. The lowest BCUT2D eigenvalue weighted by molar-refractivity contribution is -0.130. The smallest absolute Gasteiger partial charge is 0.322 e. The van der Waals surface area contributed by atoms with Crippen molar-refractivity contribution < 1.29 is 14.4 Å². The molecule has 4 amide bonds. The summed E-state index contributed by atoms with van der Waals surface area (Å²) in [6.45, 7) is 0.731. The molecule has 8 heteroatoms. The van der Waals surface area contributed by atoms with Crippen LogP contribution in [-0.2, 0) is 22.6 Å². The molecule has 1 atom stereocenters. The van der Waals surface area contributed by atoms with Crippen molar-refractivity contribution in [3.8, 4) is 0 Å². The van der Waals surface area contributed by atoms with Crippen LogP contribution in [0, 0.1) is 5.92 Å². The average Bonchev–Trinajstić information content (AvgIpc) is 3.30. The number of amides is 4. The van der Waals surface area contributed by atoms with Gasteiger partial charge in [-0.15, -0.1) is 0 Å². The molecular weight excluding hydrogens is 394 g/mol. The Kier molecular flexibility index (Phi) is 5.00. The van der Waals surface area contributed by atoms with Crippen molar-refractivity contribution in [1.29, 1.82) is 0 Å². The summed E-state index contributed by atoms with van der Waals surface area (Å²) in [6.07, 6.45) is 6.95. The van der Waals surface area contributed by atoms with Gasteiger partial charge in [-0.2, -0.15) is 5.10 Å². The Hall–Kier alpha value is -3.16. The van der Waals surface area contributed by atoms with E-state index in [1.54, 1.807) is 0 Å². The fourth-order valence-electron chi connectivity index (χ4n) is 5.20. The van der Waals surface area contributed by atoms with Crippen molar-refractivity contribution in [1.82, 2.24) is 25.7 Å². The van der Waals surface area contributed by atoms with Crippen LogP contribution in [0.25, 0.3) is 0 Å².